The Morgan fingerprint density at radius 1 is 1.12 bits per heavy atom. The fraction of sp³-hybridized carbons (Fsp3) is 0.118. The third kappa shape index (κ3) is 2.50. The van der Waals surface area contributed by atoms with E-state index in [1.54, 1.807) is 18.4 Å². The van der Waals surface area contributed by atoms with Gasteiger partial charge in [-0.3, -0.25) is 0 Å². The number of anilines is 1. The van der Waals surface area contributed by atoms with Gasteiger partial charge in [-0.2, -0.15) is 4.98 Å². The number of rotatable bonds is 4. The predicted molar refractivity (Wildman–Crippen MR) is 85.8 cm³/mol. The molecule has 0 fully saturated rings. The summed E-state index contributed by atoms with van der Waals surface area (Å²) in [7, 11) is 1.89. The maximum absolute atomic E-state index is 13.2. The van der Waals surface area contributed by atoms with Gasteiger partial charge in [0.2, 0.25) is 0 Å². The predicted octanol–water partition coefficient (Wildman–Crippen LogP) is 3.65. The van der Waals surface area contributed by atoms with Crippen LogP contribution < -0.4 is 4.90 Å². The van der Waals surface area contributed by atoms with Crippen LogP contribution in [0.15, 0.2) is 57.9 Å². The lowest BCUT2D eigenvalue weighted by atomic mass is 10.1. The van der Waals surface area contributed by atoms with E-state index < -0.39 is 0 Å². The quantitative estimate of drug-likeness (QED) is 0.571. The topological polar surface area (TPSA) is 68.2 Å². The Labute approximate surface area is 136 Å². The second-order valence-electron chi connectivity index (χ2n) is 5.35. The highest BCUT2D eigenvalue weighted by Crippen LogP contribution is 2.33. The molecule has 0 unspecified atom stereocenters. The monoisotopic (exact) mass is 324 g/mol. The molecule has 0 aliphatic rings. The van der Waals surface area contributed by atoms with Gasteiger partial charge < -0.3 is 13.8 Å². The van der Waals surface area contributed by atoms with Crippen LogP contribution in [0, 0.1) is 5.82 Å². The highest BCUT2D eigenvalue weighted by molar-refractivity contribution is 5.97. The molecule has 4 rings (SSSR count). The van der Waals surface area contributed by atoms with Gasteiger partial charge in [0.1, 0.15) is 34.8 Å². The van der Waals surface area contributed by atoms with Gasteiger partial charge in [-0.15, -0.1) is 0 Å². The Kier molecular flexibility index (Phi) is 3.45. The Morgan fingerprint density at radius 3 is 2.71 bits per heavy atom. The van der Waals surface area contributed by atoms with Gasteiger partial charge in [-0.1, -0.05) is 5.16 Å². The first-order chi connectivity index (χ1) is 11.7. The molecule has 0 radical (unpaired) electrons. The normalized spacial score (nSPS) is 11.1. The Hall–Kier alpha value is -3.22. The van der Waals surface area contributed by atoms with Crippen LogP contribution in [0.2, 0.25) is 0 Å². The average molecular weight is 324 g/mol. The fourth-order valence-corrected chi connectivity index (χ4v) is 2.58. The molecule has 0 amide bonds. The number of aromatic nitrogens is 3. The minimum Gasteiger partial charge on any atom is -0.467 e. The van der Waals surface area contributed by atoms with Crippen LogP contribution in [0.4, 0.5) is 10.2 Å². The third-order valence-corrected chi connectivity index (χ3v) is 3.71. The zero-order chi connectivity index (χ0) is 16.5. The summed E-state index contributed by atoms with van der Waals surface area (Å²) in [4.78, 5) is 10.4. The number of halogens is 1. The summed E-state index contributed by atoms with van der Waals surface area (Å²) in [6.07, 6.45) is 3.05. The third-order valence-electron chi connectivity index (χ3n) is 3.71. The second kappa shape index (κ2) is 5.77. The van der Waals surface area contributed by atoms with E-state index in [1.807, 2.05) is 24.1 Å². The highest BCUT2D eigenvalue weighted by atomic mass is 19.1. The smallest absolute Gasteiger partial charge is 0.263 e. The van der Waals surface area contributed by atoms with Crippen LogP contribution in [0.1, 0.15) is 5.76 Å². The summed E-state index contributed by atoms with van der Waals surface area (Å²) in [5.74, 6) is 1.17. The standard InChI is InChI=1S/C17H13FN4O2/c1-22(9-13-3-2-8-23-13)16-14-15(11-4-6-12(18)7-5-11)21-24-17(14)20-10-19-16/h2-8,10H,9H2,1H3. The van der Waals surface area contributed by atoms with Crippen molar-refractivity contribution < 1.29 is 13.3 Å². The molecule has 0 saturated heterocycles. The van der Waals surface area contributed by atoms with Crippen molar-refractivity contribution in [2.45, 2.75) is 6.54 Å². The SMILES string of the molecule is CN(Cc1ccco1)c1ncnc2onc(-c3ccc(F)cc3)c12. The zero-order valence-corrected chi connectivity index (χ0v) is 12.8. The number of benzene rings is 1. The lowest BCUT2D eigenvalue weighted by Gasteiger charge is -2.17. The van der Waals surface area contributed by atoms with E-state index in [2.05, 4.69) is 15.1 Å². The summed E-state index contributed by atoms with van der Waals surface area (Å²) in [6.45, 7) is 0.535. The number of hydrogen-bond donors (Lipinski definition) is 0. The first-order valence-electron chi connectivity index (χ1n) is 7.32. The minimum absolute atomic E-state index is 0.307. The van der Waals surface area contributed by atoms with Crippen molar-refractivity contribution in [1.82, 2.24) is 15.1 Å². The maximum Gasteiger partial charge on any atom is 0.263 e. The Bertz CT molecular complexity index is 964. The van der Waals surface area contributed by atoms with Crippen molar-refractivity contribution in [2.24, 2.45) is 0 Å². The molecule has 0 saturated carbocycles. The molecule has 3 aromatic heterocycles. The lowest BCUT2D eigenvalue weighted by molar-refractivity contribution is 0.451. The van der Waals surface area contributed by atoms with E-state index in [1.165, 1.54) is 18.5 Å². The fourth-order valence-electron chi connectivity index (χ4n) is 2.58. The molecule has 0 N–H and O–H groups in total. The van der Waals surface area contributed by atoms with Crippen molar-refractivity contribution in [2.75, 3.05) is 11.9 Å². The largest absolute Gasteiger partial charge is 0.467 e. The van der Waals surface area contributed by atoms with Crippen LogP contribution in [-0.2, 0) is 6.54 Å². The van der Waals surface area contributed by atoms with Crippen molar-refractivity contribution >= 4 is 16.9 Å². The van der Waals surface area contributed by atoms with E-state index in [0.717, 1.165) is 11.3 Å². The number of furan rings is 1. The molecule has 0 spiro atoms. The second-order valence-corrected chi connectivity index (χ2v) is 5.35. The molecule has 120 valence electrons. The molecule has 0 bridgehead atoms. The highest BCUT2D eigenvalue weighted by Gasteiger charge is 2.19. The van der Waals surface area contributed by atoms with E-state index in [0.29, 0.717) is 29.2 Å². The summed E-state index contributed by atoms with van der Waals surface area (Å²) in [6, 6.07) is 9.79. The van der Waals surface area contributed by atoms with Gasteiger partial charge in [-0.05, 0) is 36.4 Å². The van der Waals surface area contributed by atoms with E-state index >= 15 is 0 Å². The summed E-state index contributed by atoms with van der Waals surface area (Å²) >= 11 is 0. The first kappa shape index (κ1) is 14.4. The van der Waals surface area contributed by atoms with Crippen LogP contribution in [0.5, 0.6) is 0 Å². The van der Waals surface area contributed by atoms with Gasteiger partial charge >= 0.3 is 0 Å². The molecule has 4 aromatic rings. The van der Waals surface area contributed by atoms with Crippen molar-refractivity contribution in [1.29, 1.82) is 0 Å². The maximum atomic E-state index is 13.2. The van der Waals surface area contributed by atoms with E-state index in [4.69, 9.17) is 8.94 Å². The molecule has 0 aliphatic carbocycles. The van der Waals surface area contributed by atoms with Gasteiger partial charge in [0.05, 0.1) is 12.8 Å². The summed E-state index contributed by atoms with van der Waals surface area (Å²) in [5.41, 5.74) is 1.69. The van der Waals surface area contributed by atoms with E-state index in [-0.39, 0.29) is 5.82 Å². The molecule has 7 heteroatoms. The van der Waals surface area contributed by atoms with Gasteiger partial charge in [-0.25, -0.2) is 9.37 Å². The zero-order valence-electron chi connectivity index (χ0n) is 12.8. The van der Waals surface area contributed by atoms with Crippen molar-refractivity contribution in [3.05, 3.63) is 60.6 Å². The van der Waals surface area contributed by atoms with Crippen molar-refractivity contribution in [3.8, 4) is 11.3 Å². The Balaban J connectivity index is 1.81. The van der Waals surface area contributed by atoms with Crippen LogP contribution >= 0.6 is 0 Å². The van der Waals surface area contributed by atoms with Crippen molar-refractivity contribution in [3.63, 3.8) is 0 Å². The lowest BCUT2D eigenvalue weighted by Crippen LogP contribution is -2.17. The molecular formula is C17H13FN4O2. The molecule has 3 heterocycles. The molecule has 24 heavy (non-hydrogen) atoms. The molecule has 0 aliphatic heterocycles. The summed E-state index contributed by atoms with van der Waals surface area (Å²) < 4.78 is 23.9. The molecule has 1 aromatic carbocycles. The minimum atomic E-state index is -0.307. The van der Waals surface area contributed by atoms with Crippen LogP contribution in [0.25, 0.3) is 22.4 Å². The van der Waals surface area contributed by atoms with Crippen LogP contribution in [-0.4, -0.2) is 22.2 Å². The average Bonchev–Trinajstić information content (AvgIpc) is 3.24. The molecule has 0 atom stereocenters. The number of fused-ring (bicyclic) bond motifs is 1. The van der Waals surface area contributed by atoms with E-state index in [9.17, 15) is 4.39 Å². The van der Waals surface area contributed by atoms with Crippen LogP contribution in [0.3, 0.4) is 0 Å². The number of nitrogens with zero attached hydrogens (tertiary/aromatic N) is 4. The van der Waals surface area contributed by atoms with Gasteiger partial charge in [0.15, 0.2) is 0 Å². The van der Waals surface area contributed by atoms with Gasteiger partial charge in [0.25, 0.3) is 5.71 Å². The first-order valence-corrected chi connectivity index (χ1v) is 7.32. The molecular weight excluding hydrogens is 311 g/mol. The Morgan fingerprint density at radius 2 is 1.96 bits per heavy atom. The molecule has 6 nitrogen and oxygen atoms in total. The van der Waals surface area contributed by atoms with Gasteiger partial charge in [0, 0.05) is 12.6 Å². The number of hydrogen-bond acceptors (Lipinski definition) is 6. The summed E-state index contributed by atoms with van der Waals surface area (Å²) in [5, 5.41) is 4.76.